The van der Waals surface area contributed by atoms with E-state index in [1.165, 1.54) is 5.56 Å². The van der Waals surface area contributed by atoms with Gasteiger partial charge in [-0.05, 0) is 57.9 Å². The molecule has 1 saturated carbocycles. The van der Waals surface area contributed by atoms with Gasteiger partial charge in [0, 0.05) is 37.9 Å². The predicted molar refractivity (Wildman–Crippen MR) is 102 cm³/mol. The Balaban J connectivity index is 1.38. The van der Waals surface area contributed by atoms with Crippen molar-refractivity contribution in [2.45, 2.75) is 64.5 Å². The Morgan fingerprint density at radius 2 is 1.89 bits per heavy atom. The van der Waals surface area contributed by atoms with Crippen molar-refractivity contribution in [1.29, 1.82) is 0 Å². The molecule has 2 aliphatic rings. The summed E-state index contributed by atoms with van der Waals surface area (Å²) in [5, 5.41) is 7.67. The number of carbonyl (C=O) groups excluding carboxylic acids is 2. The van der Waals surface area contributed by atoms with Crippen LogP contribution in [0.4, 0.5) is 0 Å². The van der Waals surface area contributed by atoms with Gasteiger partial charge in [-0.1, -0.05) is 0 Å². The first-order valence-electron chi connectivity index (χ1n) is 10.2. The lowest BCUT2D eigenvalue weighted by atomic mass is 9.89. The van der Waals surface area contributed by atoms with E-state index in [-0.39, 0.29) is 30.4 Å². The average molecular weight is 377 g/mol. The summed E-state index contributed by atoms with van der Waals surface area (Å²) in [5.41, 5.74) is 1.19. The number of aromatic nitrogens is 2. The number of hydrogen-bond acceptors (Lipinski definition) is 4. The number of hydrogen-bond donors (Lipinski definition) is 1. The number of amides is 2. The van der Waals surface area contributed by atoms with Gasteiger partial charge >= 0.3 is 0 Å². The van der Waals surface area contributed by atoms with Crippen molar-refractivity contribution in [1.82, 2.24) is 20.0 Å². The number of likely N-dealkylation sites (tertiary alicyclic amines) is 1. The lowest BCUT2D eigenvalue weighted by Crippen LogP contribution is -2.46. The first kappa shape index (κ1) is 19.9. The minimum Gasteiger partial charge on any atom is -0.372 e. The molecule has 0 radical (unpaired) electrons. The van der Waals surface area contributed by atoms with Crippen molar-refractivity contribution >= 4 is 11.8 Å². The van der Waals surface area contributed by atoms with Gasteiger partial charge in [-0.15, -0.1) is 0 Å². The fourth-order valence-electron chi connectivity index (χ4n) is 4.11. The van der Waals surface area contributed by atoms with E-state index in [1.54, 1.807) is 0 Å². The molecular formula is C20H32N4O3. The Morgan fingerprint density at radius 3 is 2.48 bits per heavy atom. The van der Waals surface area contributed by atoms with Gasteiger partial charge in [0.1, 0.15) is 6.61 Å². The summed E-state index contributed by atoms with van der Waals surface area (Å²) in [6.07, 6.45) is 9.59. The van der Waals surface area contributed by atoms with Gasteiger partial charge in [-0.3, -0.25) is 14.3 Å². The van der Waals surface area contributed by atoms with Crippen LogP contribution in [0.2, 0.25) is 0 Å². The highest BCUT2D eigenvalue weighted by Gasteiger charge is 2.30. The summed E-state index contributed by atoms with van der Waals surface area (Å²) in [6, 6.07) is 0.717. The highest BCUT2D eigenvalue weighted by molar-refractivity contribution is 5.80. The normalized spacial score (nSPS) is 24.0. The third-order valence-corrected chi connectivity index (χ3v) is 5.80. The van der Waals surface area contributed by atoms with E-state index in [2.05, 4.69) is 28.2 Å². The van der Waals surface area contributed by atoms with Crippen molar-refractivity contribution in [3.05, 3.63) is 18.0 Å². The topological polar surface area (TPSA) is 76.5 Å². The molecule has 7 nitrogen and oxygen atoms in total. The minimum absolute atomic E-state index is 0.0210. The largest absolute Gasteiger partial charge is 0.372 e. The lowest BCUT2D eigenvalue weighted by Gasteiger charge is -2.34. The Labute approximate surface area is 161 Å². The molecule has 0 aromatic carbocycles. The molecule has 7 heteroatoms. The van der Waals surface area contributed by atoms with Crippen molar-refractivity contribution in [3.8, 4) is 0 Å². The third-order valence-electron chi connectivity index (χ3n) is 5.80. The Kier molecular flexibility index (Phi) is 6.88. The summed E-state index contributed by atoms with van der Waals surface area (Å²) in [4.78, 5) is 26.4. The fourth-order valence-corrected chi connectivity index (χ4v) is 4.11. The highest BCUT2D eigenvalue weighted by atomic mass is 16.5. The molecule has 2 heterocycles. The molecule has 1 N–H and O–H groups in total. The summed E-state index contributed by atoms with van der Waals surface area (Å²) in [6.45, 7) is 5.93. The van der Waals surface area contributed by atoms with E-state index in [4.69, 9.17) is 4.74 Å². The van der Waals surface area contributed by atoms with Crippen molar-refractivity contribution < 1.29 is 14.3 Å². The highest BCUT2D eigenvalue weighted by Crippen LogP contribution is 2.28. The van der Waals surface area contributed by atoms with E-state index >= 15 is 0 Å². The second kappa shape index (κ2) is 9.35. The van der Waals surface area contributed by atoms with Gasteiger partial charge in [0.15, 0.2) is 0 Å². The van der Waals surface area contributed by atoms with E-state index in [1.807, 2.05) is 18.0 Å². The third kappa shape index (κ3) is 5.31. The molecule has 1 aliphatic heterocycles. The van der Waals surface area contributed by atoms with Crippen LogP contribution in [0.3, 0.4) is 0 Å². The van der Waals surface area contributed by atoms with Crippen LogP contribution < -0.4 is 5.32 Å². The molecule has 1 aromatic heterocycles. The number of piperidine rings is 1. The summed E-state index contributed by atoms with van der Waals surface area (Å²) in [5.74, 6) is 0.209. The fraction of sp³-hybridized carbons (Fsp3) is 0.750. The first-order valence-corrected chi connectivity index (χ1v) is 10.2. The maximum Gasteiger partial charge on any atom is 0.248 e. The average Bonchev–Trinajstić information content (AvgIpc) is 3.13. The molecule has 1 aliphatic carbocycles. The van der Waals surface area contributed by atoms with Gasteiger partial charge in [-0.25, -0.2) is 0 Å². The first-order chi connectivity index (χ1) is 13.1. The molecule has 0 spiro atoms. The van der Waals surface area contributed by atoms with Crippen molar-refractivity contribution in [2.75, 3.05) is 26.3 Å². The second-order valence-corrected chi connectivity index (χ2v) is 7.80. The number of nitrogens with one attached hydrogen (secondary N) is 1. The molecule has 27 heavy (non-hydrogen) atoms. The Bertz CT molecular complexity index is 629. The number of ether oxygens (including phenoxy) is 1. The van der Waals surface area contributed by atoms with Crippen LogP contribution in [0.15, 0.2) is 12.4 Å². The molecular weight excluding hydrogens is 344 g/mol. The van der Waals surface area contributed by atoms with Gasteiger partial charge in [0.2, 0.25) is 11.8 Å². The zero-order chi connectivity index (χ0) is 19.2. The molecule has 3 rings (SSSR count). The number of nitrogens with zero attached hydrogens (tertiary/aromatic N) is 3. The maximum atomic E-state index is 12.6. The van der Waals surface area contributed by atoms with Gasteiger partial charge in [0.05, 0.1) is 12.2 Å². The quantitative estimate of drug-likeness (QED) is 0.825. The number of carbonyl (C=O) groups is 2. The standard InChI is InChI=1S/C20H32N4O3/c1-3-27-14-19(25)23-10-8-16(9-11-23)20(26)22-17-4-6-18(7-5-17)24-13-15(2)12-21-24/h12-13,16-18H,3-11,14H2,1-2H3,(H,22,26). The van der Waals surface area contributed by atoms with E-state index < -0.39 is 0 Å². The summed E-state index contributed by atoms with van der Waals surface area (Å²) >= 11 is 0. The van der Waals surface area contributed by atoms with Crippen LogP contribution in [0, 0.1) is 12.8 Å². The van der Waals surface area contributed by atoms with Crippen molar-refractivity contribution in [3.63, 3.8) is 0 Å². The predicted octanol–water partition coefficient (Wildman–Crippen LogP) is 2.07. The molecule has 0 atom stereocenters. The van der Waals surface area contributed by atoms with Crippen LogP contribution >= 0.6 is 0 Å². The molecule has 1 aromatic rings. The smallest absolute Gasteiger partial charge is 0.248 e. The van der Waals surface area contributed by atoms with Crippen LogP contribution in [0.5, 0.6) is 0 Å². The lowest BCUT2D eigenvalue weighted by molar-refractivity contribution is -0.139. The molecule has 2 amide bonds. The molecule has 150 valence electrons. The second-order valence-electron chi connectivity index (χ2n) is 7.80. The number of rotatable bonds is 6. The SMILES string of the molecule is CCOCC(=O)N1CCC(C(=O)NC2CCC(n3cc(C)cn3)CC2)CC1. The monoisotopic (exact) mass is 376 g/mol. The molecule has 1 saturated heterocycles. The summed E-state index contributed by atoms with van der Waals surface area (Å²) in [7, 11) is 0. The summed E-state index contributed by atoms with van der Waals surface area (Å²) < 4.78 is 7.26. The van der Waals surface area contributed by atoms with Crippen LogP contribution in [0.25, 0.3) is 0 Å². The molecule has 0 bridgehead atoms. The van der Waals surface area contributed by atoms with E-state index in [0.717, 1.165) is 38.5 Å². The van der Waals surface area contributed by atoms with E-state index in [0.29, 0.717) is 25.7 Å². The Morgan fingerprint density at radius 1 is 1.19 bits per heavy atom. The van der Waals surface area contributed by atoms with Crippen LogP contribution in [-0.4, -0.2) is 58.8 Å². The zero-order valence-electron chi connectivity index (χ0n) is 16.5. The van der Waals surface area contributed by atoms with Gasteiger partial charge in [-0.2, -0.15) is 5.10 Å². The Hall–Kier alpha value is -1.89. The zero-order valence-corrected chi connectivity index (χ0v) is 16.5. The van der Waals surface area contributed by atoms with Gasteiger partial charge in [0.25, 0.3) is 0 Å². The van der Waals surface area contributed by atoms with Crippen LogP contribution in [0.1, 0.15) is 57.1 Å². The maximum absolute atomic E-state index is 12.6. The van der Waals surface area contributed by atoms with E-state index in [9.17, 15) is 9.59 Å². The van der Waals surface area contributed by atoms with Crippen molar-refractivity contribution in [2.24, 2.45) is 5.92 Å². The minimum atomic E-state index is 0.0210. The van der Waals surface area contributed by atoms with Crippen LogP contribution in [-0.2, 0) is 14.3 Å². The number of aryl methyl sites for hydroxylation is 1. The van der Waals surface area contributed by atoms with Gasteiger partial charge < -0.3 is 15.0 Å². The molecule has 2 fully saturated rings. The molecule has 0 unspecified atom stereocenters.